The van der Waals surface area contributed by atoms with E-state index in [0.29, 0.717) is 24.4 Å². The average molecular weight is 639 g/mol. The maximum atomic E-state index is 13.9. The van der Waals surface area contributed by atoms with Crippen molar-refractivity contribution >= 4 is 41.4 Å². The van der Waals surface area contributed by atoms with E-state index in [9.17, 15) is 23.1 Å². The Morgan fingerprint density at radius 1 is 0.953 bits per heavy atom. The summed E-state index contributed by atoms with van der Waals surface area (Å²) in [4.78, 5) is 18.5. The molecule has 43 heavy (non-hydrogen) atoms. The lowest BCUT2D eigenvalue weighted by Gasteiger charge is -2.39. The molecule has 3 aliphatic rings. The Kier molecular flexibility index (Phi) is 9.49. The van der Waals surface area contributed by atoms with Crippen molar-refractivity contribution in [3.63, 3.8) is 0 Å². The molecule has 1 atom stereocenters. The molecule has 2 aromatic carbocycles. The molecule has 0 bridgehead atoms. The van der Waals surface area contributed by atoms with Crippen LogP contribution in [0.4, 0.5) is 24.5 Å². The lowest BCUT2D eigenvalue weighted by atomic mass is 9.85. The van der Waals surface area contributed by atoms with Crippen LogP contribution in [-0.2, 0) is 6.18 Å². The zero-order valence-electron chi connectivity index (χ0n) is 23.8. The number of rotatable bonds is 7. The van der Waals surface area contributed by atoms with E-state index >= 15 is 0 Å². The molecule has 1 N–H and O–H groups in total. The number of anilines is 2. The van der Waals surface area contributed by atoms with Gasteiger partial charge in [0.05, 0.1) is 12.2 Å². The summed E-state index contributed by atoms with van der Waals surface area (Å²) in [6.07, 6.45) is 1.16. The van der Waals surface area contributed by atoms with Crippen LogP contribution in [0.3, 0.4) is 0 Å². The van der Waals surface area contributed by atoms with Crippen molar-refractivity contribution in [1.29, 1.82) is 0 Å². The van der Waals surface area contributed by atoms with Gasteiger partial charge in [0.2, 0.25) is 0 Å². The molecular weight excluding hydrogens is 602 g/mol. The predicted octanol–water partition coefficient (Wildman–Crippen LogP) is 7.11. The Bertz CT molecular complexity index is 1420. The summed E-state index contributed by atoms with van der Waals surface area (Å²) in [5.41, 5.74) is 1.92. The van der Waals surface area contributed by atoms with Gasteiger partial charge in [-0.2, -0.15) is 18.3 Å². The van der Waals surface area contributed by atoms with Crippen LogP contribution < -0.4 is 9.80 Å². The van der Waals surface area contributed by atoms with Gasteiger partial charge in [-0.25, -0.2) is 4.79 Å². The zero-order valence-corrected chi connectivity index (χ0v) is 25.3. The molecule has 0 spiro atoms. The van der Waals surface area contributed by atoms with Crippen molar-refractivity contribution in [3.8, 4) is 11.1 Å². The van der Waals surface area contributed by atoms with E-state index < -0.39 is 29.4 Å². The number of carboxylic acids is 1. The van der Waals surface area contributed by atoms with Crippen LogP contribution >= 0.6 is 24.0 Å². The zero-order chi connectivity index (χ0) is 29.4. The largest absolute Gasteiger partial charge is 0.478 e. The first-order valence-electron chi connectivity index (χ1n) is 14.7. The van der Waals surface area contributed by atoms with E-state index in [1.807, 2.05) is 23.1 Å². The second-order valence-electron chi connectivity index (χ2n) is 11.7. The quantitative estimate of drug-likeness (QED) is 0.298. The molecule has 3 fully saturated rings. The number of aromatic carboxylic acids is 1. The molecule has 1 unspecified atom stereocenters. The van der Waals surface area contributed by atoms with Crippen LogP contribution in [-0.4, -0.2) is 71.6 Å². The van der Waals surface area contributed by atoms with Gasteiger partial charge < -0.3 is 14.9 Å². The summed E-state index contributed by atoms with van der Waals surface area (Å²) < 4.78 is 42.6. The highest BCUT2D eigenvalue weighted by Crippen LogP contribution is 2.39. The molecule has 2 saturated heterocycles. The molecule has 232 valence electrons. The van der Waals surface area contributed by atoms with Gasteiger partial charge in [0.1, 0.15) is 5.56 Å². The maximum absolute atomic E-state index is 13.9. The Morgan fingerprint density at radius 3 is 2.30 bits per heavy atom. The minimum absolute atomic E-state index is 0. The van der Waals surface area contributed by atoms with Crippen molar-refractivity contribution in [3.05, 3.63) is 64.9 Å². The van der Waals surface area contributed by atoms with Crippen molar-refractivity contribution in [1.82, 2.24) is 14.7 Å². The van der Waals surface area contributed by atoms with Crippen molar-refractivity contribution in [2.75, 3.05) is 55.6 Å². The van der Waals surface area contributed by atoms with Crippen LogP contribution in [0, 0.1) is 5.92 Å². The van der Waals surface area contributed by atoms with Gasteiger partial charge in [-0.15, -0.1) is 12.4 Å². The molecular formula is C31H36Cl2F3N5O2. The summed E-state index contributed by atoms with van der Waals surface area (Å²) in [6.45, 7) is 6.28. The molecule has 1 saturated carbocycles. The van der Waals surface area contributed by atoms with Crippen LogP contribution in [0.2, 0.25) is 5.02 Å². The maximum Gasteiger partial charge on any atom is 0.433 e. The number of benzene rings is 2. The number of halogens is 5. The van der Waals surface area contributed by atoms with Gasteiger partial charge in [-0.1, -0.05) is 36.2 Å². The summed E-state index contributed by atoms with van der Waals surface area (Å²) in [5, 5.41) is 13.8. The van der Waals surface area contributed by atoms with E-state index in [-0.39, 0.29) is 19.0 Å². The third-order valence-corrected chi connectivity index (χ3v) is 9.23. The van der Waals surface area contributed by atoms with Crippen molar-refractivity contribution < 1.29 is 23.1 Å². The highest BCUT2D eigenvalue weighted by Gasteiger charge is 2.42. The number of carboxylic acid groups (broad SMARTS) is 1. The van der Waals surface area contributed by atoms with E-state index in [0.717, 1.165) is 59.8 Å². The SMILES string of the molecule is Cl.O=C(O)c1cnn(C2CCCN(c3cc(Cl)ccc3-c3ccc(N4CCN(CC5CCC5)CC4)cc3)C2)c1C(F)(F)F. The monoisotopic (exact) mass is 637 g/mol. The molecule has 12 heteroatoms. The topological polar surface area (TPSA) is 64.8 Å². The molecule has 1 aliphatic carbocycles. The van der Waals surface area contributed by atoms with Gasteiger partial charge >= 0.3 is 12.1 Å². The molecule has 3 aromatic rings. The normalized spacial score (nSPS) is 20.0. The molecule has 0 amide bonds. The van der Waals surface area contributed by atoms with Crippen LogP contribution in [0.25, 0.3) is 11.1 Å². The molecule has 2 aliphatic heterocycles. The van der Waals surface area contributed by atoms with E-state index in [1.165, 1.54) is 31.5 Å². The number of hydrogen-bond donors (Lipinski definition) is 1. The Morgan fingerprint density at radius 2 is 1.67 bits per heavy atom. The third-order valence-electron chi connectivity index (χ3n) is 8.99. The number of nitrogens with zero attached hydrogens (tertiary/aromatic N) is 5. The number of alkyl halides is 3. The molecule has 6 rings (SSSR count). The average Bonchev–Trinajstić information content (AvgIpc) is 3.43. The summed E-state index contributed by atoms with van der Waals surface area (Å²) in [7, 11) is 0. The van der Waals surface area contributed by atoms with Gasteiger partial charge in [0.15, 0.2) is 5.69 Å². The smallest absolute Gasteiger partial charge is 0.433 e. The fraction of sp³-hybridized carbons (Fsp3) is 0.484. The standard InChI is InChI=1S/C31H35ClF3N5O2.ClH/c32-23-8-11-26(22-6-9-24(10-7-22)38-15-13-37(14-16-38)19-21-3-1-4-21)28(17-23)39-12-2-5-25(20-39)40-29(31(33,34)35)27(18-36-40)30(41)42;/h6-11,17-18,21,25H,1-5,12-16,19-20H2,(H,41,42);1H. The highest BCUT2D eigenvalue weighted by molar-refractivity contribution is 6.31. The number of hydrogen-bond acceptors (Lipinski definition) is 5. The first kappa shape index (κ1) is 31.5. The molecule has 0 radical (unpaired) electrons. The Hall–Kier alpha value is -2.95. The van der Waals surface area contributed by atoms with Gasteiger partial charge in [-0.3, -0.25) is 9.58 Å². The summed E-state index contributed by atoms with van der Waals surface area (Å²) in [6, 6.07) is 13.5. The molecule has 7 nitrogen and oxygen atoms in total. The highest BCUT2D eigenvalue weighted by atomic mass is 35.5. The lowest BCUT2D eigenvalue weighted by molar-refractivity contribution is -0.145. The van der Waals surface area contributed by atoms with Gasteiger partial charge in [0, 0.05) is 67.8 Å². The Balaban J connectivity index is 0.00000368. The lowest BCUT2D eigenvalue weighted by Crippen LogP contribution is -2.48. The van der Waals surface area contributed by atoms with E-state index in [4.69, 9.17) is 11.6 Å². The molecule has 1 aromatic heterocycles. The van der Waals surface area contributed by atoms with Gasteiger partial charge in [-0.05, 0) is 61.4 Å². The van der Waals surface area contributed by atoms with Crippen molar-refractivity contribution in [2.45, 2.75) is 44.3 Å². The minimum Gasteiger partial charge on any atom is -0.478 e. The first-order chi connectivity index (χ1) is 20.2. The van der Waals surface area contributed by atoms with E-state index in [2.05, 4.69) is 39.2 Å². The third kappa shape index (κ3) is 6.76. The van der Waals surface area contributed by atoms with Gasteiger partial charge in [0.25, 0.3) is 0 Å². The predicted molar refractivity (Wildman–Crippen MR) is 165 cm³/mol. The minimum atomic E-state index is -4.83. The van der Waals surface area contributed by atoms with Crippen molar-refractivity contribution in [2.24, 2.45) is 5.92 Å². The number of carbonyl (C=O) groups is 1. The van der Waals surface area contributed by atoms with Crippen LogP contribution in [0.1, 0.15) is 54.2 Å². The molecule has 3 heterocycles. The summed E-state index contributed by atoms with van der Waals surface area (Å²) in [5.74, 6) is -0.759. The Labute approximate surface area is 260 Å². The fourth-order valence-electron chi connectivity index (χ4n) is 6.54. The summed E-state index contributed by atoms with van der Waals surface area (Å²) >= 11 is 6.41. The second-order valence-corrected chi connectivity index (χ2v) is 12.1. The fourth-order valence-corrected chi connectivity index (χ4v) is 6.71. The second kappa shape index (κ2) is 13.0. The first-order valence-corrected chi connectivity index (χ1v) is 15.1. The number of aromatic nitrogens is 2. The van der Waals surface area contributed by atoms with Crippen LogP contribution in [0.15, 0.2) is 48.7 Å². The number of piperidine rings is 1. The van der Waals surface area contributed by atoms with Crippen LogP contribution in [0.5, 0.6) is 0 Å². The van der Waals surface area contributed by atoms with E-state index in [1.54, 1.807) is 0 Å². The number of piperazine rings is 1.